The van der Waals surface area contributed by atoms with Crippen molar-refractivity contribution in [2.75, 3.05) is 0 Å². The zero-order chi connectivity index (χ0) is 38.6. The summed E-state index contributed by atoms with van der Waals surface area (Å²) in [5, 5.41) is 10.5. The summed E-state index contributed by atoms with van der Waals surface area (Å²) in [6, 6.07) is 52.9. The predicted octanol–water partition coefficient (Wildman–Crippen LogP) is 15.4. The van der Waals surface area contributed by atoms with Gasteiger partial charge in [0.15, 0.2) is 0 Å². The summed E-state index contributed by atoms with van der Waals surface area (Å²) < 4.78 is 2.56. The van der Waals surface area contributed by atoms with Crippen LogP contribution in [0.25, 0.3) is 82.0 Å². The van der Waals surface area contributed by atoms with Crippen molar-refractivity contribution in [3.8, 4) is 22.3 Å². The van der Waals surface area contributed by atoms with Gasteiger partial charge in [-0.3, -0.25) is 0 Å². The summed E-state index contributed by atoms with van der Waals surface area (Å²) in [7, 11) is 0. The van der Waals surface area contributed by atoms with Crippen LogP contribution in [-0.2, 0) is 16.4 Å². The summed E-state index contributed by atoms with van der Waals surface area (Å²) in [6.45, 7) is 16.1. The molecule has 0 aliphatic heterocycles. The summed E-state index contributed by atoms with van der Waals surface area (Å²) in [5.41, 5.74) is 12.9. The maximum atomic E-state index is 2.56. The van der Waals surface area contributed by atoms with Gasteiger partial charge < -0.3 is 4.57 Å². The van der Waals surface area contributed by atoms with Crippen LogP contribution in [0, 0.1) is 0 Å². The molecule has 56 heavy (non-hydrogen) atoms. The van der Waals surface area contributed by atoms with E-state index in [1.54, 1.807) is 0 Å². The summed E-state index contributed by atoms with van der Waals surface area (Å²) >= 11 is 0. The van der Waals surface area contributed by atoms with Gasteiger partial charge in [0.25, 0.3) is 0 Å². The third kappa shape index (κ3) is 5.35. The second-order valence-electron chi connectivity index (χ2n) is 18.4. The fourth-order valence-electron chi connectivity index (χ4n) is 9.49. The zero-order valence-corrected chi connectivity index (χ0v) is 33.7. The van der Waals surface area contributed by atoms with Crippen LogP contribution < -0.4 is 0 Å². The quantitative estimate of drug-likeness (QED) is 0.159. The van der Waals surface area contributed by atoms with E-state index in [4.69, 9.17) is 0 Å². The van der Waals surface area contributed by atoms with Gasteiger partial charge in [0.2, 0.25) is 0 Å². The van der Waals surface area contributed by atoms with E-state index in [1.807, 2.05) is 0 Å². The van der Waals surface area contributed by atoms with E-state index in [-0.39, 0.29) is 16.4 Å². The topological polar surface area (TPSA) is 4.93 Å². The van der Waals surface area contributed by atoms with Crippen LogP contribution >= 0.6 is 0 Å². The normalized spacial score (nSPS) is 16.5. The molecule has 0 bridgehead atoms. The fourth-order valence-corrected chi connectivity index (χ4v) is 9.49. The Morgan fingerprint density at radius 3 is 1.54 bits per heavy atom. The summed E-state index contributed by atoms with van der Waals surface area (Å²) in [6.07, 6.45) is 8.24. The molecule has 1 nitrogen and oxygen atoms in total. The van der Waals surface area contributed by atoms with E-state index >= 15 is 0 Å². The van der Waals surface area contributed by atoms with Gasteiger partial charge in [-0.2, -0.15) is 0 Å². The highest BCUT2D eigenvalue weighted by Gasteiger charge is 2.30. The number of para-hydroxylation sites is 2. The third-order valence-corrected chi connectivity index (χ3v) is 12.7. The highest BCUT2D eigenvalue weighted by molar-refractivity contribution is 6.29. The number of fused-ring (bicyclic) bond motifs is 3. The molecule has 1 aliphatic rings. The first-order chi connectivity index (χ1) is 26.9. The molecule has 10 rings (SSSR count). The van der Waals surface area contributed by atoms with Gasteiger partial charge in [0.05, 0.1) is 5.54 Å². The van der Waals surface area contributed by atoms with Crippen LogP contribution in [0.3, 0.4) is 0 Å². The van der Waals surface area contributed by atoms with Crippen molar-refractivity contribution in [2.24, 2.45) is 0 Å². The molecule has 274 valence electrons. The van der Waals surface area contributed by atoms with Crippen molar-refractivity contribution in [3.63, 3.8) is 0 Å². The lowest BCUT2D eigenvalue weighted by molar-refractivity contribution is 0.438. The zero-order valence-electron chi connectivity index (χ0n) is 33.7. The van der Waals surface area contributed by atoms with Crippen molar-refractivity contribution in [1.29, 1.82) is 0 Å². The second-order valence-corrected chi connectivity index (χ2v) is 18.4. The minimum atomic E-state index is -0.209. The largest absolute Gasteiger partial charge is 0.331 e. The average molecular weight is 724 g/mol. The minimum Gasteiger partial charge on any atom is -0.331 e. The van der Waals surface area contributed by atoms with Gasteiger partial charge in [0.1, 0.15) is 0 Å². The predicted molar refractivity (Wildman–Crippen MR) is 243 cm³/mol. The van der Waals surface area contributed by atoms with Crippen LogP contribution in [0.4, 0.5) is 0 Å². The Morgan fingerprint density at radius 2 is 0.982 bits per heavy atom. The van der Waals surface area contributed by atoms with E-state index in [1.165, 1.54) is 98.6 Å². The smallest absolute Gasteiger partial charge is 0.0643 e. The lowest BCUT2D eigenvalue weighted by atomic mass is 9.81. The van der Waals surface area contributed by atoms with E-state index in [2.05, 4.69) is 211 Å². The molecule has 1 unspecified atom stereocenters. The number of aromatic nitrogens is 1. The summed E-state index contributed by atoms with van der Waals surface area (Å²) in [5.74, 6) is 0. The Balaban J connectivity index is 1.18. The van der Waals surface area contributed by atoms with E-state index in [0.29, 0.717) is 0 Å². The monoisotopic (exact) mass is 723 g/mol. The van der Waals surface area contributed by atoms with Crippen molar-refractivity contribution >= 4 is 59.7 Å². The number of benzene rings is 8. The van der Waals surface area contributed by atoms with Crippen LogP contribution in [-0.4, -0.2) is 4.57 Å². The summed E-state index contributed by atoms with van der Waals surface area (Å²) in [4.78, 5) is 0. The van der Waals surface area contributed by atoms with Gasteiger partial charge in [-0.05, 0) is 119 Å². The molecular formula is C55H49N. The molecule has 1 heterocycles. The van der Waals surface area contributed by atoms with Crippen LogP contribution in [0.1, 0.15) is 71.6 Å². The van der Waals surface area contributed by atoms with E-state index in [9.17, 15) is 0 Å². The number of allylic oxidation sites excluding steroid dienone is 4. The molecule has 0 saturated heterocycles. The molecule has 1 heteroatoms. The first-order valence-corrected chi connectivity index (χ1v) is 20.2. The van der Waals surface area contributed by atoms with Gasteiger partial charge in [-0.25, -0.2) is 0 Å². The van der Waals surface area contributed by atoms with Crippen molar-refractivity contribution in [3.05, 3.63) is 174 Å². The van der Waals surface area contributed by atoms with Gasteiger partial charge >= 0.3 is 0 Å². The van der Waals surface area contributed by atoms with E-state index in [0.717, 1.165) is 6.42 Å². The molecule has 0 amide bonds. The lowest BCUT2D eigenvalue weighted by Crippen LogP contribution is -2.28. The van der Waals surface area contributed by atoms with Crippen LogP contribution in [0.2, 0.25) is 0 Å². The number of hydrogen-bond acceptors (Lipinski definition) is 0. The van der Waals surface area contributed by atoms with Gasteiger partial charge in [0, 0.05) is 21.8 Å². The molecule has 0 radical (unpaired) electrons. The van der Waals surface area contributed by atoms with Gasteiger partial charge in [-0.15, -0.1) is 0 Å². The molecule has 1 aliphatic carbocycles. The molecule has 9 aromatic rings. The second kappa shape index (κ2) is 12.3. The third-order valence-electron chi connectivity index (χ3n) is 12.7. The maximum Gasteiger partial charge on any atom is 0.0643 e. The highest BCUT2D eigenvalue weighted by atomic mass is 15.1. The lowest BCUT2D eigenvalue weighted by Gasteiger charge is -2.32. The molecule has 1 atom stereocenters. The standard InChI is InChI=1S/C55H49N/c1-53(2,3)39-22-16-35(17-23-39)41-26-20-38-21-27-45-47(36-18-24-40(25-19-36)54(4,5)6)34-48(46-29-28-44(41)51(38)52(45)46)37-30-32-55(7,33-31-37)56-49-14-10-8-12-42(49)43-13-9-11-15-50(43)56/h8-32,34H,33H2,1-7H3. The van der Waals surface area contributed by atoms with Crippen LogP contribution in [0.15, 0.2) is 158 Å². The minimum absolute atomic E-state index is 0.0918. The van der Waals surface area contributed by atoms with Crippen molar-refractivity contribution in [1.82, 2.24) is 4.57 Å². The van der Waals surface area contributed by atoms with Gasteiger partial charge in [-0.1, -0.05) is 181 Å². The first-order valence-electron chi connectivity index (χ1n) is 20.2. The van der Waals surface area contributed by atoms with Crippen LogP contribution in [0.5, 0.6) is 0 Å². The Hall–Kier alpha value is -5.92. The molecule has 1 aromatic heterocycles. The molecular weight excluding hydrogens is 675 g/mol. The van der Waals surface area contributed by atoms with Crippen molar-refractivity contribution in [2.45, 2.75) is 71.3 Å². The Labute approximate surface area is 330 Å². The average Bonchev–Trinajstić information content (AvgIpc) is 3.55. The Morgan fingerprint density at radius 1 is 0.482 bits per heavy atom. The molecule has 0 saturated carbocycles. The first kappa shape index (κ1) is 34.6. The highest BCUT2D eigenvalue weighted by Crippen LogP contribution is 2.47. The Kier molecular flexibility index (Phi) is 7.59. The number of hydrogen-bond donors (Lipinski definition) is 0. The molecule has 0 spiro atoms. The molecule has 0 fully saturated rings. The number of nitrogens with zero attached hydrogens (tertiary/aromatic N) is 1. The maximum absolute atomic E-state index is 2.56. The fraction of sp³-hybridized carbons (Fsp3) is 0.200. The SMILES string of the molecule is CC(C)(C)c1ccc(-c2ccc3ccc4c(-c5ccc(C(C)(C)C)cc5)cc(C5=CCC(C)(n6c7ccccc7c7ccccc76)C=C5)c5ccc2c3c54)cc1. The molecule has 0 N–H and O–H groups in total. The number of rotatable bonds is 4. The molecule has 8 aromatic carbocycles. The van der Waals surface area contributed by atoms with E-state index < -0.39 is 0 Å². The Bertz CT molecular complexity index is 2990. The van der Waals surface area contributed by atoms with Crippen molar-refractivity contribution < 1.29 is 0 Å².